The molecule has 3 rings (SSSR count). The lowest BCUT2D eigenvalue weighted by Gasteiger charge is -2.19. The molecule has 2 aromatic carbocycles. The Hall–Kier alpha value is -2.05. The number of benzene rings is 2. The van der Waals surface area contributed by atoms with E-state index in [9.17, 15) is 13.2 Å². The average molecular weight is 379 g/mol. The van der Waals surface area contributed by atoms with E-state index in [2.05, 4.69) is 5.32 Å². The minimum Gasteiger partial charge on any atom is -0.326 e. The van der Waals surface area contributed by atoms with E-state index >= 15 is 0 Å². The van der Waals surface area contributed by atoms with Crippen LogP contribution in [0.1, 0.15) is 18.4 Å². The first kappa shape index (κ1) is 17.8. The van der Waals surface area contributed by atoms with Gasteiger partial charge in [-0.25, -0.2) is 8.42 Å². The number of carbonyl (C=O) groups is 1. The molecule has 0 unspecified atom stereocenters. The van der Waals surface area contributed by atoms with Crippen molar-refractivity contribution in [2.45, 2.75) is 19.3 Å². The first-order valence-electron chi connectivity index (χ1n) is 8.09. The molecule has 5 nitrogen and oxygen atoms in total. The Morgan fingerprint density at radius 1 is 1.16 bits per heavy atom. The summed E-state index contributed by atoms with van der Waals surface area (Å²) < 4.78 is 25.3. The van der Waals surface area contributed by atoms with Crippen molar-refractivity contribution in [1.29, 1.82) is 0 Å². The van der Waals surface area contributed by atoms with Crippen LogP contribution >= 0.6 is 11.6 Å². The molecule has 0 atom stereocenters. The summed E-state index contributed by atoms with van der Waals surface area (Å²) in [6, 6.07) is 14.7. The number of rotatable bonds is 5. The van der Waals surface area contributed by atoms with Crippen LogP contribution in [0.5, 0.6) is 0 Å². The Bertz CT molecular complexity index is 869. The van der Waals surface area contributed by atoms with Crippen LogP contribution in [0.15, 0.2) is 48.5 Å². The molecule has 25 heavy (non-hydrogen) atoms. The first-order valence-corrected chi connectivity index (χ1v) is 10.1. The minimum atomic E-state index is -3.28. The maximum Gasteiger partial charge on any atom is 0.235 e. The van der Waals surface area contributed by atoms with Crippen molar-refractivity contribution in [1.82, 2.24) is 0 Å². The zero-order valence-electron chi connectivity index (χ0n) is 13.6. The van der Waals surface area contributed by atoms with Crippen molar-refractivity contribution >= 4 is 38.9 Å². The van der Waals surface area contributed by atoms with Gasteiger partial charge in [0.25, 0.3) is 0 Å². The third kappa shape index (κ3) is 4.32. The van der Waals surface area contributed by atoms with Gasteiger partial charge in [0.15, 0.2) is 0 Å². The van der Waals surface area contributed by atoms with Crippen molar-refractivity contribution in [2.75, 3.05) is 21.9 Å². The maximum absolute atomic E-state index is 12.1. The van der Waals surface area contributed by atoms with E-state index in [1.165, 1.54) is 4.31 Å². The van der Waals surface area contributed by atoms with Gasteiger partial charge in [0.2, 0.25) is 15.9 Å². The van der Waals surface area contributed by atoms with Crippen LogP contribution in [0, 0.1) is 0 Å². The highest BCUT2D eigenvalue weighted by atomic mass is 35.5. The summed E-state index contributed by atoms with van der Waals surface area (Å²) in [6.07, 6.45) is 1.62. The van der Waals surface area contributed by atoms with Gasteiger partial charge in [0.1, 0.15) is 0 Å². The van der Waals surface area contributed by atoms with Crippen LogP contribution < -0.4 is 9.62 Å². The lowest BCUT2D eigenvalue weighted by Crippen LogP contribution is -2.25. The Kier molecular flexibility index (Phi) is 5.30. The number of anilines is 2. The second-order valence-corrected chi connectivity index (χ2v) is 8.36. The van der Waals surface area contributed by atoms with Crippen molar-refractivity contribution in [3.63, 3.8) is 0 Å². The van der Waals surface area contributed by atoms with Gasteiger partial charge in [-0.3, -0.25) is 9.10 Å². The Morgan fingerprint density at radius 3 is 2.56 bits per heavy atom. The smallest absolute Gasteiger partial charge is 0.235 e. The number of aryl methyl sites for hydroxylation is 1. The zero-order chi connectivity index (χ0) is 17.9. The van der Waals surface area contributed by atoms with Crippen LogP contribution in [0.3, 0.4) is 0 Å². The van der Waals surface area contributed by atoms with Gasteiger partial charge in [-0.2, -0.15) is 0 Å². The fraction of sp³-hybridized carbons (Fsp3) is 0.278. The summed E-state index contributed by atoms with van der Waals surface area (Å²) >= 11 is 6.24. The SMILES string of the molecule is O=C(CCc1ccccc1)Nc1ccc(N2CCCS2(=O)=O)c(Cl)c1. The summed E-state index contributed by atoms with van der Waals surface area (Å²) in [4.78, 5) is 12.1. The quantitative estimate of drug-likeness (QED) is 0.866. The second-order valence-electron chi connectivity index (χ2n) is 5.94. The van der Waals surface area contributed by atoms with E-state index < -0.39 is 10.0 Å². The summed E-state index contributed by atoms with van der Waals surface area (Å²) in [5.41, 5.74) is 2.12. The molecule has 1 fully saturated rings. The van der Waals surface area contributed by atoms with E-state index in [-0.39, 0.29) is 11.7 Å². The van der Waals surface area contributed by atoms with Gasteiger partial charge in [-0.05, 0) is 36.6 Å². The molecule has 0 aliphatic carbocycles. The Balaban J connectivity index is 1.64. The third-order valence-corrected chi connectivity index (χ3v) is 6.24. The van der Waals surface area contributed by atoms with E-state index in [0.29, 0.717) is 42.2 Å². The molecule has 132 valence electrons. The average Bonchev–Trinajstić information content (AvgIpc) is 2.93. The van der Waals surface area contributed by atoms with Crippen LogP contribution in [0.4, 0.5) is 11.4 Å². The van der Waals surface area contributed by atoms with Crippen molar-refractivity contribution in [3.05, 3.63) is 59.1 Å². The van der Waals surface area contributed by atoms with Gasteiger partial charge >= 0.3 is 0 Å². The molecule has 0 spiro atoms. The molecule has 0 saturated carbocycles. The highest BCUT2D eigenvalue weighted by Gasteiger charge is 2.29. The number of hydrogen-bond donors (Lipinski definition) is 1. The van der Waals surface area contributed by atoms with Crippen LogP contribution in [-0.4, -0.2) is 26.6 Å². The zero-order valence-corrected chi connectivity index (χ0v) is 15.2. The highest BCUT2D eigenvalue weighted by Crippen LogP contribution is 2.33. The van der Waals surface area contributed by atoms with E-state index in [1.807, 2.05) is 30.3 Å². The normalized spacial score (nSPS) is 16.0. The van der Waals surface area contributed by atoms with Gasteiger partial charge in [-0.1, -0.05) is 41.9 Å². The summed E-state index contributed by atoms with van der Waals surface area (Å²) in [7, 11) is -3.28. The minimum absolute atomic E-state index is 0.110. The monoisotopic (exact) mass is 378 g/mol. The van der Waals surface area contributed by atoms with Gasteiger partial charge in [0, 0.05) is 18.7 Å². The van der Waals surface area contributed by atoms with Gasteiger partial charge < -0.3 is 5.32 Å². The van der Waals surface area contributed by atoms with E-state index in [1.54, 1.807) is 18.2 Å². The van der Waals surface area contributed by atoms with Crippen LogP contribution in [0.25, 0.3) is 0 Å². The van der Waals surface area contributed by atoms with Gasteiger partial charge in [-0.15, -0.1) is 0 Å². The molecule has 1 heterocycles. The van der Waals surface area contributed by atoms with Crippen molar-refractivity contribution < 1.29 is 13.2 Å². The molecule has 1 N–H and O–H groups in total. The van der Waals surface area contributed by atoms with E-state index in [0.717, 1.165) is 5.56 Å². The van der Waals surface area contributed by atoms with Crippen LogP contribution in [0.2, 0.25) is 5.02 Å². The number of sulfonamides is 1. The Morgan fingerprint density at radius 2 is 1.92 bits per heavy atom. The lowest BCUT2D eigenvalue weighted by atomic mass is 10.1. The first-order chi connectivity index (χ1) is 12.0. The number of carbonyl (C=O) groups excluding carboxylic acids is 1. The standard InChI is InChI=1S/C18H19ClN2O3S/c19-16-13-15(8-9-17(16)21-11-4-12-25(21,23)24)20-18(22)10-7-14-5-2-1-3-6-14/h1-3,5-6,8-9,13H,4,7,10-12H2,(H,20,22). The molecule has 1 amide bonds. The predicted molar refractivity (Wildman–Crippen MR) is 101 cm³/mol. The predicted octanol–water partition coefficient (Wildman–Crippen LogP) is 3.45. The molecule has 1 saturated heterocycles. The number of halogens is 1. The highest BCUT2D eigenvalue weighted by molar-refractivity contribution is 7.93. The molecule has 0 bridgehead atoms. The fourth-order valence-electron chi connectivity index (χ4n) is 2.82. The number of hydrogen-bond acceptors (Lipinski definition) is 3. The number of nitrogens with one attached hydrogen (secondary N) is 1. The molecule has 7 heteroatoms. The summed E-state index contributed by atoms with van der Waals surface area (Å²) in [6.45, 7) is 0.435. The molecule has 0 aromatic heterocycles. The molecule has 1 aliphatic heterocycles. The number of amides is 1. The molecular weight excluding hydrogens is 360 g/mol. The second kappa shape index (κ2) is 7.45. The number of nitrogens with zero attached hydrogens (tertiary/aromatic N) is 1. The lowest BCUT2D eigenvalue weighted by molar-refractivity contribution is -0.116. The molecule has 1 aliphatic rings. The van der Waals surface area contributed by atoms with Crippen LogP contribution in [-0.2, 0) is 21.2 Å². The topological polar surface area (TPSA) is 66.5 Å². The summed E-state index contributed by atoms with van der Waals surface area (Å²) in [5, 5.41) is 3.11. The summed E-state index contributed by atoms with van der Waals surface area (Å²) in [5.74, 6) is 0.0304. The van der Waals surface area contributed by atoms with Crippen molar-refractivity contribution in [3.8, 4) is 0 Å². The molecule has 2 aromatic rings. The van der Waals surface area contributed by atoms with Crippen molar-refractivity contribution in [2.24, 2.45) is 0 Å². The maximum atomic E-state index is 12.1. The third-order valence-electron chi connectivity index (χ3n) is 4.08. The Labute approximate surface area is 152 Å². The molecular formula is C18H19ClN2O3S. The van der Waals surface area contributed by atoms with Gasteiger partial charge in [0.05, 0.1) is 16.5 Å². The molecule has 0 radical (unpaired) electrons. The van der Waals surface area contributed by atoms with E-state index in [4.69, 9.17) is 11.6 Å². The fourth-order valence-corrected chi connectivity index (χ4v) is 4.74. The largest absolute Gasteiger partial charge is 0.326 e.